The van der Waals surface area contributed by atoms with Crippen molar-refractivity contribution >= 4 is 11.7 Å². The van der Waals surface area contributed by atoms with Gasteiger partial charge in [-0.2, -0.15) is 0 Å². The van der Waals surface area contributed by atoms with Crippen LogP contribution in [0.25, 0.3) is 0 Å². The van der Waals surface area contributed by atoms with Crippen molar-refractivity contribution in [2.75, 3.05) is 0 Å². The molecule has 1 fully saturated rings. The Kier molecular flexibility index (Phi) is 5.20. The van der Waals surface area contributed by atoms with Gasteiger partial charge in [0.05, 0.1) is 6.42 Å². The molecular formula is C16H23N3O2. The average Bonchev–Trinajstić information content (AvgIpc) is 2.73. The highest BCUT2D eigenvalue weighted by Crippen LogP contribution is 2.27. The third-order valence-corrected chi connectivity index (χ3v) is 4.14. The number of benzene rings is 1. The monoisotopic (exact) mass is 289 g/mol. The molecule has 0 bridgehead atoms. The van der Waals surface area contributed by atoms with E-state index < -0.39 is 5.54 Å². The quantitative estimate of drug-likeness (QED) is 0.261. The van der Waals surface area contributed by atoms with E-state index >= 15 is 0 Å². The topological polar surface area (TPSA) is 87.7 Å². The third-order valence-electron chi connectivity index (χ3n) is 4.14. The fraction of sp³-hybridized carbons (Fsp3) is 0.500. The summed E-state index contributed by atoms with van der Waals surface area (Å²) >= 11 is 0. The van der Waals surface area contributed by atoms with Gasteiger partial charge < -0.3 is 16.3 Å². The van der Waals surface area contributed by atoms with E-state index in [0.29, 0.717) is 6.42 Å². The number of hydrogen-bond donors (Lipinski definition) is 3. The van der Waals surface area contributed by atoms with Gasteiger partial charge in [0.2, 0.25) is 5.91 Å². The van der Waals surface area contributed by atoms with Gasteiger partial charge in [-0.25, -0.2) is 0 Å². The number of nitrogens with one attached hydrogen (secondary N) is 1. The van der Waals surface area contributed by atoms with Gasteiger partial charge >= 0.3 is 0 Å². The second kappa shape index (κ2) is 7.11. The summed E-state index contributed by atoms with van der Waals surface area (Å²) in [6.45, 7) is 0. The van der Waals surface area contributed by atoms with E-state index in [-0.39, 0.29) is 11.7 Å². The first kappa shape index (κ1) is 15.4. The maximum atomic E-state index is 12.3. The summed E-state index contributed by atoms with van der Waals surface area (Å²) in [5, 5.41) is 15.2. The molecule has 5 nitrogen and oxygen atoms in total. The maximum Gasteiger partial charge on any atom is 0.225 e. The minimum absolute atomic E-state index is 0.0882. The zero-order chi connectivity index (χ0) is 15.1. The van der Waals surface area contributed by atoms with Crippen LogP contribution in [0.4, 0.5) is 0 Å². The molecule has 0 spiro atoms. The Labute approximate surface area is 125 Å². The van der Waals surface area contributed by atoms with Gasteiger partial charge in [0.25, 0.3) is 0 Å². The normalized spacial score (nSPS) is 18.8. The summed E-state index contributed by atoms with van der Waals surface area (Å²) < 4.78 is 0. The van der Waals surface area contributed by atoms with Crippen LogP contribution < -0.4 is 11.1 Å². The molecule has 0 aromatic heterocycles. The van der Waals surface area contributed by atoms with E-state index in [2.05, 4.69) is 10.5 Å². The second-order valence-corrected chi connectivity index (χ2v) is 5.69. The summed E-state index contributed by atoms with van der Waals surface area (Å²) in [6, 6.07) is 9.58. The molecule has 5 heteroatoms. The summed E-state index contributed by atoms with van der Waals surface area (Å²) in [7, 11) is 0. The largest absolute Gasteiger partial charge is 0.409 e. The van der Waals surface area contributed by atoms with Crippen molar-refractivity contribution in [3.05, 3.63) is 35.9 Å². The first-order chi connectivity index (χ1) is 10.2. The van der Waals surface area contributed by atoms with E-state index in [1.165, 1.54) is 0 Å². The summed E-state index contributed by atoms with van der Waals surface area (Å²) in [5.74, 6) is 0.0283. The van der Waals surface area contributed by atoms with Crippen LogP contribution in [0.1, 0.15) is 44.1 Å². The smallest absolute Gasteiger partial charge is 0.225 e. The lowest BCUT2D eigenvalue weighted by Crippen LogP contribution is -2.57. The molecule has 1 aliphatic carbocycles. The Hall–Kier alpha value is -2.04. The molecule has 0 aliphatic heterocycles. The molecule has 4 N–H and O–H groups in total. The number of rotatable bonds is 4. The first-order valence-electron chi connectivity index (χ1n) is 7.49. The van der Waals surface area contributed by atoms with Crippen LogP contribution in [0.5, 0.6) is 0 Å². The van der Waals surface area contributed by atoms with Gasteiger partial charge in [-0.15, -0.1) is 0 Å². The fourth-order valence-electron chi connectivity index (χ4n) is 2.97. The molecule has 0 heterocycles. The van der Waals surface area contributed by atoms with Gasteiger partial charge in [0.1, 0.15) is 5.54 Å². The van der Waals surface area contributed by atoms with E-state index in [1.54, 1.807) is 0 Å². The highest BCUT2D eigenvalue weighted by molar-refractivity contribution is 5.94. The predicted molar refractivity (Wildman–Crippen MR) is 82.1 cm³/mol. The number of amides is 1. The zero-order valence-electron chi connectivity index (χ0n) is 12.2. The Bertz CT molecular complexity index is 492. The van der Waals surface area contributed by atoms with E-state index in [1.807, 2.05) is 30.3 Å². The zero-order valence-corrected chi connectivity index (χ0v) is 12.2. The molecule has 21 heavy (non-hydrogen) atoms. The Balaban J connectivity index is 2.09. The number of nitrogens with zero attached hydrogens (tertiary/aromatic N) is 1. The Morgan fingerprint density at radius 1 is 1.19 bits per heavy atom. The molecule has 0 saturated heterocycles. The van der Waals surface area contributed by atoms with E-state index in [9.17, 15) is 4.79 Å². The van der Waals surface area contributed by atoms with Crippen molar-refractivity contribution in [2.24, 2.45) is 10.9 Å². The number of carbonyl (C=O) groups is 1. The van der Waals surface area contributed by atoms with E-state index in [4.69, 9.17) is 10.9 Å². The number of hydrogen-bond acceptors (Lipinski definition) is 3. The lowest BCUT2D eigenvalue weighted by Gasteiger charge is -2.32. The molecule has 1 aliphatic rings. The SMILES string of the molecule is N/C(=N/O)C1(NC(=O)Cc2ccccc2)CCCCCC1. The number of nitrogens with two attached hydrogens (primary N) is 1. The maximum absolute atomic E-state index is 12.3. The molecule has 114 valence electrons. The minimum atomic E-state index is -0.697. The van der Waals surface area contributed by atoms with Crippen LogP contribution in [0.2, 0.25) is 0 Å². The van der Waals surface area contributed by atoms with Crippen LogP contribution in [0.3, 0.4) is 0 Å². The summed E-state index contributed by atoms with van der Waals surface area (Å²) in [6.07, 6.45) is 5.95. The van der Waals surface area contributed by atoms with Crippen LogP contribution in [0.15, 0.2) is 35.5 Å². The highest BCUT2D eigenvalue weighted by atomic mass is 16.4. The van der Waals surface area contributed by atoms with E-state index in [0.717, 1.165) is 44.1 Å². The van der Waals surface area contributed by atoms with Crippen LogP contribution in [-0.2, 0) is 11.2 Å². The highest BCUT2D eigenvalue weighted by Gasteiger charge is 2.37. The molecule has 1 saturated carbocycles. The van der Waals surface area contributed by atoms with Crippen molar-refractivity contribution in [3.63, 3.8) is 0 Å². The third kappa shape index (κ3) is 3.97. The minimum Gasteiger partial charge on any atom is -0.409 e. The van der Waals surface area contributed by atoms with Gasteiger partial charge in [0, 0.05) is 0 Å². The lowest BCUT2D eigenvalue weighted by molar-refractivity contribution is -0.121. The van der Waals surface area contributed by atoms with Crippen molar-refractivity contribution in [1.29, 1.82) is 0 Å². The summed E-state index contributed by atoms with van der Waals surface area (Å²) in [5.41, 5.74) is 6.14. The van der Waals surface area contributed by atoms with Crippen molar-refractivity contribution < 1.29 is 10.0 Å². The van der Waals surface area contributed by atoms with Crippen molar-refractivity contribution in [2.45, 2.75) is 50.5 Å². The first-order valence-corrected chi connectivity index (χ1v) is 7.49. The Morgan fingerprint density at radius 2 is 1.81 bits per heavy atom. The number of carbonyl (C=O) groups excluding carboxylic acids is 1. The molecule has 0 unspecified atom stereocenters. The predicted octanol–water partition coefficient (Wildman–Crippen LogP) is 2.18. The van der Waals surface area contributed by atoms with Gasteiger partial charge in [0.15, 0.2) is 5.84 Å². The van der Waals surface area contributed by atoms with Gasteiger partial charge in [-0.05, 0) is 18.4 Å². The van der Waals surface area contributed by atoms with Crippen LogP contribution >= 0.6 is 0 Å². The van der Waals surface area contributed by atoms with Gasteiger partial charge in [-0.3, -0.25) is 4.79 Å². The van der Waals surface area contributed by atoms with Crippen LogP contribution in [0, 0.1) is 0 Å². The fourth-order valence-corrected chi connectivity index (χ4v) is 2.97. The Morgan fingerprint density at radius 3 is 2.38 bits per heavy atom. The van der Waals surface area contributed by atoms with Gasteiger partial charge in [-0.1, -0.05) is 61.2 Å². The number of amidine groups is 1. The van der Waals surface area contributed by atoms with Crippen molar-refractivity contribution in [1.82, 2.24) is 5.32 Å². The molecule has 0 radical (unpaired) electrons. The molecule has 1 aromatic carbocycles. The molecule has 1 aromatic rings. The molecular weight excluding hydrogens is 266 g/mol. The molecule has 0 atom stereocenters. The molecule has 1 amide bonds. The van der Waals surface area contributed by atoms with Crippen molar-refractivity contribution in [3.8, 4) is 0 Å². The average molecular weight is 289 g/mol. The van der Waals surface area contributed by atoms with Crippen LogP contribution in [-0.4, -0.2) is 22.5 Å². The summed E-state index contributed by atoms with van der Waals surface area (Å²) in [4.78, 5) is 12.3. The molecule has 2 rings (SSSR count). The number of oxime groups is 1. The second-order valence-electron chi connectivity index (χ2n) is 5.69. The lowest BCUT2D eigenvalue weighted by atomic mass is 9.88. The standard InChI is InChI=1S/C16H23N3O2/c17-15(19-21)16(10-6-1-2-7-11-16)18-14(20)12-13-8-4-3-5-9-13/h3-5,8-9,21H,1-2,6-7,10-12H2,(H2,17,19)(H,18,20).